The molecule has 0 atom stereocenters. The number of carbonyl (C=O) groups excluding carboxylic acids is 1. The van der Waals surface area contributed by atoms with Crippen LogP contribution < -0.4 is 14.8 Å². The van der Waals surface area contributed by atoms with Crippen LogP contribution in [-0.4, -0.2) is 51.5 Å². The largest absolute Gasteiger partial charge is 0.497 e. The van der Waals surface area contributed by atoms with Gasteiger partial charge >= 0.3 is 0 Å². The van der Waals surface area contributed by atoms with E-state index in [1.54, 1.807) is 31.4 Å². The van der Waals surface area contributed by atoms with E-state index in [1.165, 1.54) is 4.31 Å². The Bertz CT molecular complexity index is 968. The number of sulfonamides is 1. The molecule has 1 heterocycles. The van der Waals surface area contributed by atoms with E-state index in [1.807, 2.05) is 31.2 Å². The molecule has 1 amide bonds. The van der Waals surface area contributed by atoms with Gasteiger partial charge in [0.1, 0.15) is 11.5 Å². The summed E-state index contributed by atoms with van der Waals surface area (Å²) in [6.07, 6.45) is 2.21. The van der Waals surface area contributed by atoms with Crippen molar-refractivity contribution in [2.75, 3.05) is 26.8 Å². The van der Waals surface area contributed by atoms with E-state index in [0.717, 1.165) is 11.3 Å². The second-order valence-electron chi connectivity index (χ2n) is 7.64. The van der Waals surface area contributed by atoms with Gasteiger partial charge in [0.05, 0.1) is 18.6 Å². The molecule has 2 aromatic carbocycles. The molecule has 1 N–H and O–H groups in total. The molecule has 1 fully saturated rings. The highest BCUT2D eigenvalue weighted by atomic mass is 32.2. The second kappa shape index (κ2) is 10.6. The Kier molecular flexibility index (Phi) is 7.92. The fourth-order valence-corrected chi connectivity index (χ4v) is 5.04. The molecule has 1 saturated heterocycles. The lowest BCUT2D eigenvalue weighted by Crippen LogP contribution is -2.46. The lowest BCUT2D eigenvalue weighted by molar-refractivity contribution is -0.122. The third-order valence-corrected chi connectivity index (χ3v) is 7.33. The van der Waals surface area contributed by atoms with E-state index in [9.17, 15) is 13.2 Å². The number of rotatable bonds is 9. The molecule has 0 aromatic heterocycles. The number of hydrogen-bond acceptors (Lipinski definition) is 5. The summed E-state index contributed by atoms with van der Waals surface area (Å²) >= 11 is 0. The number of para-hydroxylation sites is 1. The average molecular weight is 447 g/mol. The quantitative estimate of drug-likeness (QED) is 0.598. The Balaban J connectivity index is 1.40. The highest BCUT2D eigenvalue weighted by Gasteiger charge is 2.29. The van der Waals surface area contributed by atoms with Gasteiger partial charge in [-0.15, -0.1) is 0 Å². The fraction of sp³-hybridized carbons (Fsp3) is 0.435. The molecule has 2 aromatic rings. The van der Waals surface area contributed by atoms with Crippen molar-refractivity contribution in [2.24, 2.45) is 0 Å². The predicted molar refractivity (Wildman–Crippen MR) is 119 cm³/mol. The molecular weight excluding hydrogens is 416 g/mol. The summed E-state index contributed by atoms with van der Waals surface area (Å²) in [5.41, 5.74) is 1.07. The number of hydrogen-bond donors (Lipinski definition) is 1. The summed E-state index contributed by atoms with van der Waals surface area (Å²) in [5, 5.41) is 3.02. The van der Waals surface area contributed by atoms with Crippen LogP contribution in [0.4, 0.5) is 0 Å². The maximum atomic E-state index is 12.8. The van der Waals surface area contributed by atoms with Crippen LogP contribution in [0.2, 0.25) is 0 Å². The summed E-state index contributed by atoms with van der Waals surface area (Å²) < 4.78 is 37.9. The molecule has 168 valence electrons. The minimum Gasteiger partial charge on any atom is -0.497 e. The van der Waals surface area contributed by atoms with E-state index in [0.29, 0.717) is 51.1 Å². The number of nitrogens with one attached hydrogen (secondary N) is 1. The monoisotopic (exact) mass is 446 g/mol. The van der Waals surface area contributed by atoms with Gasteiger partial charge in [-0.25, -0.2) is 8.42 Å². The van der Waals surface area contributed by atoms with Crippen LogP contribution >= 0.6 is 0 Å². The van der Waals surface area contributed by atoms with Crippen LogP contribution in [-0.2, 0) is 14.8 Å². The number of benzene rings is 2. The zero-order valence-corrected chi connectivity index (χ0v) is 18.9. The first-order valence-electron chi connectivity index (χ1n) is 10.5. The SMILES string of the molecule is COc1ccc(S(=O)(=O)N2CCC(NC(=O)CCCOc3ccccc3C)CC2)cc1. The van der Waals surface area contributed by atoms with Crippen LogP contribution in [0.1, 0.15) is 31.2 Å². The van der Waals surface area contributed by atoms with Crippen molar-refractivity contribution in [3.8, 4) is 11.5 Å². The van der Waals surface area contributed by atoms with Gasteiger partial charge in [0.25, 0.3) is 0 Å². The third-order valence-electron chi connectivity index (χ3n) is 5.42. The van der Waals surface area contributed by atoms with Crippen LogP contribution in [0.15, 0.2) is 53.4 Å². The predicted octanol–water partition coefficient (Wildman–Crippen LogP) is 3.13. The van der Waals surface area contributed by atoms with Crippen LogP contribution in [0, 0.1) is 6.92 Å². The summed E-state index contributed by atoms with van der Waals surface area (Å²) in [5.74, 6) is 1.43. The zero-order chi connectivity index (χ0) is 22.3. The molecule has 7 nitrogen and oxygen atoms in total. The minimum atomic E-state index is -3.54. The topological polar surface area (TPSA) is 84.9 Å². The molecular formula is C23H30N2O5S. The summed E-state index contributed by atoms with van der Waals surface area (Å²) in [4.78, 5) is 12.5. The minimum absolute atomic E-state index is 0.00731. The van der Waals surface area contributed by atoms with Gasteiger partial charge in [-0.2, -0.15) is 4.31 Å². The van der Waals surface area contributed by atoms with Crippen molar-refractivity contribution in [1.29, 1.82) is 0 Å². The van der Waals surface area contributed by atoms with Crippen molar-refractivity contribution < 1.29 is 22.7 Å². The molecule has 0 bridgehead atoms. The van der Waals surface area contributed by atoms with Crippen LogP contribution in [0.5, 0.6) is 11.5 Å². The van der Waals surface area contributed by atoms with Crippen LogP contribution in [0.3, 0.4) is 0 Å². The molecule has 31 heavy (non-hydrogen) atoms. The average Bonchev–Trinajstić information content (AvgIpc) is 2.78. The molecule has 8 heteroatoms. The fourth-order valence-electron chi connectivity index (χ4n) is 3.57. The molecule has 0 aliphatic carbocycles. The molecule has 3 rings (SSSR count). The number of carbonyl (C=O) groups is 1. The molecule has 0 radical (unpaired) electrons. The van der Waals surface area contributed by atoms with Gasteiger partial charge in [-0.1, -0.05) is 18.2 Å². The van der Waals surface area contributed by atoms with E-state index in [4.69, 9.17) is 9.47 Å². The highest BCUT2D eigenvalue weighted by Crippen LogP contribution is 2.23. The Morgan fingerprint density at radius 1 is 1.10 bits per heavy atom. The van der Waals surface area contributed by atoms with E-state index in [-0.39, 0.29) is 16.8 Å². The van der Waals surface area contributed by atoms with Gasteiger partial charge in [0.2, 0.25) is 15.9 Å². The van der Waals surface area contributed by atoms with Gasteiger partial charge < -0.3 is 14.8 Å². The maximum absolute atomic E-state index is 12.8. The molecule has 0 spiro atoms. The van der Waals surface area contributed by atoms with Crippen molar-refractivity contribution in [1.82, 2.24) is 9.62 Å². The summed E-state index contributed by atoms with van der Waals surface area (Å²) in [6.45, 7) is 3.24. The van der Waals surface area contributed by atoms with Gasteiger partial charge in [-0.05, 0) is 62.1 Å². The first kappa shape index (κ1) is 23.1. The number of ether oxygens (including phenoxy) is 2. The van der Waals surface area contributed by atoms with E-state index in [2.05, 4.69) is 5.32 Å². The molecule has 1 aliphatic rings. The van der Waals surface area contributed by atoms with Crippen molar-refractivity contribution in [3.63, 3.8) is 0 Å². The molecule has 1 aliphatic heterocycles. The Labute approximate surface area is 184 Å². The number of amides is 1. The normalized spacial score (nSPS) is 15.4. The lowest BCUT2D eigenvalue weighted by Gasteiger charge is -2.31. The number of nitrogens with zero attached hydrogens (tertiary/aromatic N) is 1. The third kappa shape index (κ3) is 6.21. The second-order valence-corrected chi connectivity index (χ2v) is 9.58. The number of piperidine rings is 1. The van der Waals surface area contributed by atoms with E-state index < -0.39 is 10.0 Å². The first-order chi connectivity index (χ1) is 14.9. The van der Waals surface area contributed by atoms with Gasteiger partial charge in [0.15, 0.2) is 0 Å². The first-order valence-corrected chi connectivity index (χ1v) is 12.0. The Morgan fingerprint density at radius 3 is 2.42 bits per heavy atom. The highest BCUT2D eigenvalue weighted by molar-refractivity contribution is 7.89. The standard InChI is InChI=1S/C23H30N2O5S/c1-18-6-3-4-7-22(18)30-17-5-8-23(26)24-19-13-15-25(16-14-19)31(27,28)21-11-9-20(29-2)10-12-21/h3-4,6-7,9-12,19H,5,8,13-17H2,1-2H3,(H,24,26). The van der Waals surface area contributed by atoms with E-state index >= 15 is 0 Å². The molecule has 0 saturated carbocycles. The van der Waals surface area contributed by atoms with Crippen molar-refractivity contribution in [2.45, 2.75) is 43.5 Å². The Morgan fingerprint density at radius 2 is 1.77 bits per heavy atom. The number of methoxy groups -OCH3 is 1. The summed E-state index contributed by atoms with van der Waals surface area (Å²) in [6, 6.07) is 14.2. The van der Waals surface area contributed by atoms with Gasteiger partial charge in [0, 0.05) is 25.6 Å². The molecule has 0 unspecified atom stereocenters. The van der Waals surface area contributed by atoms with Gasteiger partial charge in [-0.3, -0.25) is 4.79 Å². The number of aryl methyl sites for hydroxylation is 1. The summed E-state index contributed by atoms with van der Waals surface area (Å²) in [7, 11) is -2.00. The Hall–Kier alpha value is -2.58. The van der Waals surface area contributed by atoms with Crippen molar-refractivity contribution in [3.05, 3.63) is 54.1 Å². The van der Waals surface area contributed by atoms with Crippen molar-refractivity contribution >= 4 is 15.9 Å². The smallest absolute Gasteiger partial charge is 0.243 e. The maximum Gasteiger partial charge on any atom is 0.243 e. The zero-order valence-electron chi connectivity index (χ0n) is 18.0. The van der Waals surface area contributed by atoms with Crippen LogP contribution in [0.25, 0.3) is 0 Å². The lowest BCUT2D eigenvalue weighted by atomic mass is 10.1.